The fourth-order valence-corrected chi connectivity index (χ4v) is 2.53. The van der Waals surface area contributed by atoms with Crippen LogP contribution in [0.2, 0.25) is 0 Å². The van der Waals surface area contributed by atoms with E-state index in [9.17, 15) is 9.59 Å². The number of esters is 1. The largest absolute Gasteiger partial charge is 0.452 e. The van der Waals surface area contributed by atoms with Crippen LogP contribution in [0.4, 0.5) is 0 Å². The molecule has 1 N–H and O–H groups in total. The molecule has 5 heteroatoms. The van der Waals surface area contributed by atoms with E-state index in [-0.39, 0.29) is 18.6 Å². The number of halogens is 1. The molecule has 1 amide bonds. The number of hydrogen-bond acceptors (Lipinski definition) is 3. The lowest BCUT2D eigenvalue weighted by Gasteiger charge is -2.17. The van der Waals surface area contributed by atoms with Gasteiger partial charge in [-0.2, -0.15) is 0 Å². The Balaban J connectivity index is 1.81. The van der Waals surface area contributed by atoms with Gasteiger partial charge in [0, 0.05) is 10.5 Å². The van der Waals surface area contributed by atoms with E-state index < -0.39 is 5.97 Å². The molecule has 0 aliphatic carbocycles. The van der Waals surface area contributed by atoms with Gasteiger partial charge in [0.05, 0.1) is 6.04 Å². The van der Waals surface area contributed by atoms with Crippen LogP contribution in [0.25, 0.3) is 6.08 Å². The van der Waals surface area contributed by atoms with Crippen LogP contribution in [-0.2, 0) is 14.3 Å². The molecule has 130 valence electrons. The summed E-state index contributed by atoms with van der Waals surface area (Å²) >= 11 is 3.39. The number of carbonyl (C=O) groups is 2. The standard InChI is InChI=1S/C20H20BrNO3/c1-2-18(16-9-11-17(21)12-10-16)22-19(23)14-25-20(24)13-8-15-6-4-3-5-7-15/h3-13,18H,2,14H2,1H3,(H,22,23)/b13-8+/t18-/m1/s1. The Kier molecular flexibility index (Phi) is 7.41. The number of amides is 1. The summed E-state index contributed by atoms with van der Waals surface area (Å²) in [5.74, 6) is -0.869. The van der Waals surface area contributed by atoms with Gasteiger partial charge in [0.15, 0.2) is 6.61 Å². The maximum Gasteiger partial charge on any atom is 0.331 e. The van der Waals surface area contributed by atoms with Crippen molar-refractivity contribution < 1.29 is 14.3 Å². The summed E-state index contributed by atoms with van der Waals surface area (Å²) in [6.45, 7) is 1.69. The average Bonchev–Trinajstić information content (AvgIpc) is 2.64. The summed E-state index contributed by atoms with van der Waals surface area (Å²) < 4.78 is 5.96. The van der Waals surface area contributed by atoms with Crippen molar-refractivity contribution in [3.05, 3.63) is 76.3 Å². The zero-order valence-electron chi connectivity index (χ0n) is 13.9. The minimum Gasteiger partial charge on any atom is -0.452 e. The molecule has 0 bridgehead atoms. The summed E-state index contributed by atoms with van der Waals surface area (Å²) in [5, 5.41) is 2.88. The molecular weight excluding hydrogens is 382 g/mol. The first-order valence-electron chi connectivity index (χ1n) is 8.03. The molecule has 0 saturated carbocycles. The highest BCUT2D eigenvalue weighted by Gasteiger charge is 2.13. The van der Waals surface area contributed by atoms with Gasteiger partial charge in [-0.15, -0.1) is 0 Å². The average molecular weight is 402 g/mol. The summed E-state index contributed by atoms with van der Waals surface area (Å²) in [5.41, 5.74) is 1.90. The van der Waals surface area contributed by atoms with E-state index in [1.54, 1.807) is 6.08 Å². The highest BCUT2D eigenvalue weighted by Crippen LogP contribution is 2.19. The van der Waals surface area contributed by atoms with Crippen molar-refractivity contribution in [2.45, 2.75) is 19.4 Å². The summed E-state index contributed by atoms with van der Waals surface area (Å²) in [6.07, 6.45) is 3.71. The number of ether oxygens (including phenoxy) is 1. The van der Waals surface area contributed by atoms with Crippen LogP contribution >= 0.6 is 15.9 Å². The van der Waals surface area contributed by atoms with Crippen molar-refractivity contribution in [1.29, 1.82) is 0 Å². The van der Waals surface area contributed by atoms with Crippen molar-refractivity contribution >= 4 is 33.9 Å². The van der Waals surface area contributed by atoms with Gasteiger partial charge >= 0.3 is 5.97 Å². The Labute approximate surface area is 156 Å². The summed E-state index contributed by atoms with van der Waals surface area (Å²) in [7, 11) is 0. The first-order chi connectivity index (χ1) is 12.1. The molecule has 25 heavy (non-hydrogen) atoms. The smallest absolute Gasteiger partial charge is 0.331 e. The lowest BCUT2D eigenvalue weighted by molar-refractivity contribution is -0.144. The molecule has 2 aromatic carbocycles. The molecule has 0 aliphatic heterocycles. The van der Waals surface area contributed by atoms with Crippen LogP contribution in [0.1, 0.15) is 30.5 Å². The van der Waals surface area contributed by atoms with Crippen molar-refractivity contribution in [3.63, 3.8) is 0 Å². The topological polar surface area (TPSA) is 55.4 Å². The maximum absolute atomic E-state index is 12.0. The van der Waals surface area contributed by atoms with E-state index >= 15 is 0 Å². The number of nitrogens with one attached hydrogen (secondary N) is 1. The normalized spacial score (nSPS) is 11.9. The predicted octanol–water partition coefficient (Wildman–Crippen LogP) is 4.27. The Morgan fingerprint density at radius 3 is 2.44 bits per heavy atom. The van der Waals surface area contributed by atoms with Gasteiger partial charge in [0.1, 0.15) is 0 Å². The molecule has 0 aromatic heterocycles. The second-order valence-corrected chi connectivity index (χ2v) is 6.35. The van der Waals surface area contributed by atoms with E-state index in [0.717, 1.165) is 22.0 Å². The van der Waals surface area contributed by atoms with Gasteiger partial charge in [-0.3, -0.25) is 4.79 Å². The third-order valence-electron chi connectivity index (χ3n) is 3.57. The van der Waals surface area contributed by atoms with Gasteiger partial charge in [-0.25, -0.2) is 4.79 Å². The van der Waals surface area contributed by atoms with Crippen LogP contribution in [0.3, 0.4) is 0 Å². The third kappa shape index (κ3) is 6.55. The van der Waals surface area contributed by atoms with Gasteiger partial charge in [-0.1, -0.05) is 65.3 Å². The lowest BCUT2D eigenvalue weighted by Crippen LogP contribution is -2.32. The van der Waals surface area contributed by atoms with Crippen LogP contribution in [-0.4, -0.2) is 18.5 Å². The maximum atomic E-state index is 12.0. The first-order valence-corrected chi connectivity index (χ1v) is 8.82. The zero-order chi connectivity index (χ0) is 18.1. The quantitative estimate of drug-likeness (QED) is 0.556. The fraction of sp³-hybridized carbons (Fsp3) is 0.200. The Bertz CT molecular complexity index is 726. The molecular formula is C20H20BrNO3. The van der Waals surface area contributed by atoms with Crippen LogP contribution < -0.4 is 5.32 Å². The van der Waals surface area contributed by atoms with E-state index in [1.165, 1.54) is 6.08 Å². The van der Waals surface area contributed by atoms with E-state index in [2.05, 4.69) is 21.2 Å². The van der Waals surface area contributed by atoms with Crippen LogP contribution in [0, 0.1) is 0 Å². The Morgan fingerprint density at radius 2 is 1.80 bits per heavy atom. The molecule has 4 nitrogen and oxygen atoms in total. The molecule has 0 spiro atoms. The van der Waals surface area contributed by atoms with Crippen molar-refractivity contribution in [2.75, 3.05) is 6.61 Å². The molecule has 2 aromatic rings. The number of hydrogen-bond donors (Lipinski definition) is 1. The van der Waals surface area contributed by atoms with E-state index in [0.29, 0.717) is 0 Å². The van der Waals surface area contributed by atoms with Crippen molar-refractivity contribution in [1.82, 2.24) is 5.32 Å². The van der Waals surface area contributed by atoms with Gasteiger partial charge in [0.2, 0.25) is 0 Å². The van der Waals surface area contributed by atoms with Crippen LogP contribution in [0.5, 0.6) is 0 Å². The van der Waals surface area contributed by atoms with Crippen LogP contribution in [0.15, 0.2) is 65.1 Å². The van der Waals surface area contributed by atoms with E-state index in [4.69, 9.17) is 4.74 Å². The number of benzene rings is 2. The molecule has 2 rings (SSSR count). The minimum absolute atomic E-state index is 0.112. The Morgan fingerprint density at radius 1 is 1.12 bits per heavy atom. The SMILES string of the molecule is CC[C@@H](NC(=O)COC(=O)/C=C/c1ccccc1)c1ccc(Br)cc1. The monoisotopic (exact) mass is 401 g/mol. The van der Waals surface area contributed by atoms with Crippen molar-refractivity contribution in [2.24, 2.45) is 0 Å². The third-order valence-corrected chi connectivity index (χ3v) is 4.10. The molecule has 0 unspecified atom stereocenters. The highest BCUT2D eigenvalue weighted by molar-refractivity contribution is 9.10. The van der Waals surface area contributed by atoms with Gasteiger partial charge in [0.25, 0.3) is 5.91 Å². The fourth-order valence-electron chi connectivity index (χ4n) is 2.27. The van der Waals surface area contributed by atoms with Gasteiger partial charge in [-0.05, 0) is 35.8 Å². The number of carbonyl (C=O) groups excluding carboxylic acids is 2. The molecule has 1 atom stereocenters. The highest BCUT2D eigenvalue weighted by atomic mass is 79.9. The minimum atomic E-state index is -0.546. The second kappa shape index (κ2) is 9.79. The second-order valence-electron chi connectivity index (χ2n) is 5.43. The molecule has 0 heterocycles. The summed E-state index contributed by atoms with van der Waals surface area (Å²) in [4.78, 5) is 23.7. The molecule has 0 radical (unpaired) electrons. The predicted molar refractivity (Wildman–Crippen MR) is 102 cm³/mol. The van der Waals surface area contributed by atoms with Crippen molar-refractivity contribution in [3.8, 4) is 0 Å². The summed E-state index contributed by atoms with van der Waals surface area (Å²) in [6, 6.07) is 17.1. The van der Waals surface area contributed by atoms with E-state index in [1.807, 2.05) is 61.5 Å². The molecule has 0 saturated heterocycles. The zero-order valence-corrected chi connectivity index (χ0v) is 15.5. The Hall–Kier alpha value is -2.40. The molecule has 0 aliphatic rings. The molecule has 0 fully saturated rings. The first kappa shape index (κ1) is 18.9. The van der Waals surface area contributed by atoms with Gasteiger partial charge < -0.3 is 10.1 Å². The lowest BCUT2D eigenvalue weighted by atomic mass is 10.0. The number of rotatable bonds is 7.